The molecule has 2 aromatic carbocycles. The number of carbonyl (C=O) groups excluding carboxylic acids is 1. The Bertz CT molecular complexity index is 868. The Balaban J connectivity index is 2.55. The van der Waals surface area contributed by atoms with Crippen molar-refractivity contribution in [3.63, 3.8) is 0 Å². The Hall–Kier alpha value is -1.59. The first-order valence-corrected chi connectivity index (χ1v) is 15.2. The van der Waals surface area contributed by atoms with Crippen LogP contribution in [-0.4, -0.2) is 44.5 Å². The monoisotopic (exact) mass is 510 g/mol. The van der Waals surface area contributed by atoms with E-state index in [9.17, 15) is 13.9 Å². The summed E-state index contributed by atoms with van der Waals surface area (Å²) in [5.41, 5.74) is 1.38. The second-order valence-electron chi connectivity index (χ2n) is 7.59. The highest BCUT2D eigenvalue weighted by molar-refractivity contribution is 7.54. The van der Waals surface area contributed by atoms with E-state index < -0.39 is 27.0 Å². The summed E-state index contributed by atoms with van der Waals surface area (Å²) in [5.74, 6) is -1.84. The Morgan fingerprint density at radius 1 is 0.618 bits per heavy atom. The Kier molecular flexibility index (Phi) is 11.9. The van der Waals surface area contributed by atoms with Crippen LogP contribution in [-0.2, 0) is 32.0 Å². The van der Waals surface area contributed by atoms with Gasteiger partial charge in [-0.15, -0.1) is 0 Å². The van der Waals surface area contributed by atoms with Crippen LogP contribution >= 0.6 is 15.2 Å². The molecule has 0 bridgehead atoms. The second-order valence-corrected chi connectivity index (χ2v) is 11.8. The van der Waals surface area contributed by atoms with E-state index in [-0.39, 0.29) is 44.5 Å². The number of rotatable bonds is 16. The molecule has 0 amide bonds. The molecule has 188 valence electrons. The fraction of sp³-hybridized carbons (Fsp3) is 0.480. The number of ketones is 1. The van der Waals surface area contributed by atoms with Crippen LogP contribution in [0.15, 0.2) is 60.7 Å². The first-order valence-electron chi connectivity index (χ1n) is 11.7. The van der Waals surface area contributed by atoms with E-state index in [1.54, 1.807) is 27.7 Å². The average Bonchev–Trinajstić information content (AvgIpc) is 2.82. The van der Waals surface area contributed by atoms with Crippen LogP contribution in [0.3, 0.4) is 0 Å². The molecule has 0 N–H and O–H groups in total. The minimum absolute atomic E-state index is 0.117. The number of Topliss-reactive ketones (excluding diaryl/α,β-unsaturated/α-hetero) is 1. The van der Waals surface area contributed by atoms with Gasteiger partial charge in [0, 0.05) is 0 Å². The second kappa shape index (κ2) is 14.1. The summed E-state index contributed by atoms with van der Waals surface area (Å²) in [7, 11) is -7.11. The molecule has 0 aliphatic rings. The summed E-state index contributed by atoms with van der Waals surface area (Å²) in [5, 5.41) is 0. The van der Waals surface area contributed by atoms with Gasteiger partial charge in [-0.25, -0.2) is 0 Å². The minimum Gasteiger partial charge on any atom is -0.309 e. The number of hydrogen-bond donors (Lipinski definition) is 0. The highest BCUT2D eigenvalue weighted by Crippen LogP contribution is 2.55. The van der Waals surface area contributed by atoms with E-state index in [4.69, 9.17) is 18.1 Å². The van der Waals surface area contributed by atoms with Crippen LogP contribution in [0.25, 0.3) is 0 Å². The summed E-state index contributed by atoms with van der Waals surface area (Å²) in [6.45, 7) is 7.71. The van der Waals surface area contributed by atoms with Gasteiger partial charge in [0.1, 0.15) is 5.78 Å². The van der Waals surface area contributed by atoms with Gasteiger partial charge in [-0.2, -0.15) is 0 Å². The highest BCUT2D eigenvalue weighted by atomic mass is 31.2. The van der Waals surface area contributed by atoms with Gasteiger partial charge in [0.25, 0.3) is 0 Å². The van der Waals surface area contributed by atoms with E-state index in [1.165, 1.54) is 0 Å². The SMILES string of the molecule is CCOP(=O)(CC(C(=O)C(CP(=O)(OCC)OCC)c1ccccc1)c1ccccc1)OCC. The number of carbonyl (C=O) groups is 1. The van der Waals surface area contributed by atoms with E-state index in [2.05, 4.69) is 0 Å². The summed E-state index contributed by atoms with van der Waals surface area (Å²) in [6, 6.07) is 18.3. The first-order chi connectivity index (χ1) is 16.3. The predicted molar refractivity (Wildman–Crippen MR) is 135 cm³/mol. The lowest BCUT2D eigenvalue weighted by Gasteiger charge is -2.28. The van der Waals surface area contributed by atoms with Crippen molar-refractivity contribution in [1.82, 2.24) is 0 Å². The molecule has 2 aromatic rings. The van der Waals surface area contributed by atoms with Crippen LogP contribution < -0.4 is 0 Å². The fourth-order valence-electron chi connectivity index (χ4n) is 3.85. The molecule has 0 radical (unpaired) electrons. The number of benzene rings is 2. The van der Waals surface area contributed by atoms with E-state index in [0.29, 0.717) is 11.1 Å². The fourth-order valence-corrected chi connectivity index (χ4v) is 7.67. The molecule has 0 aliphatic heterocycles. The summed E-state index contributed by atoms with van der Waals surface area (Å²) < 4.78 is 48.9. The average molecular weight is 511 g/mol. The Morgan fingerprint density at radius 2 is 0.912 bits per heavy atom. The van der Waals surface area contributed by atoms with Crippen LogP contribution in [0, 0.1) is 0 Å². The quantitative estimate of drug-likeness (QED) is 0.234. The molecule has 34 heavy (non-hydrogen) atoms. The zero-order valence-electron chi connectivity index (χ0n) is 20.4. The molecule has 2 unspecified atom stereocenters. The zero-order valence-corrected chi connectivity index (χ0v) is 22.2. The normalized spacial score (nSPS) is 14.0. The lowest BCUT2D eigenvalue weighted by molar-refractivity contribution is -0.121. The standard InChI is InChI=1S/C25H36O7P2/c1-5-29-33(27,30-6-2)19-23(21-15-11-9-12-16-21)25(26)24(22-17-13-10-14-18-22)20-34(28,31-7-3)32-8-4/h9-18,23-24H,5-8,19-20H2,1-4H3. The van der Waals surface area contributed by atoms with Gasteiger partial charge >= 0.3 is 15.2 Å². The molecular weight excluding hydrogens is 474 g/mol. The number of hydrogen-bond acceptors (Lipinski definition) is 7. The van der Waals surface area contributed by atoms with Gasteiger partial charge in [-0.05, 0) is 38.8 Å². The molecule has 0 saturated carbocycles. The molecule has 0 fully saturated rings. The molecule has 0 heterocycles. The molecule has 2 atom stereocenters. The first kappa shape index (κ1) is 28.6. The van der Waals surface area contributed by atoms with Crippen LogP contribution in [0.5, 0.6) is 0 Å². The van der Waals surface area contributed by atoms with Gasteiger partial charge in [0.15, 0.2) is 0 Å². The third kappa shape index (κ3) is 8.27. The summed E-state index contributed by atoms with van der Waals surface area (Å²) >= 11 is 0. The maximum atomic E-state index is 14.2. The van der Waals surface area contributed by atoms with Crippen molar-refractivity contribution in [3.8, 4) is 0 Å². The van der Waals surface area contributed by atoms with E-state index >= 15 is 0 Å². The topological polar surface area (TPSA) is 88.1 Å². The van der Waals surface area contributed by atoms with Gasteiger partial charge in [-0.1, -0.05) is 60.7 Å². The van der Waals surface area contributed by atoms with Crippen molar-refractivity contribution in [2.24, 2.45) is 0 Å². The van der Waals surface area contributed by atoms with Crippen molar-refractivity contribution in [2.45, 2.75) is 39.5 Å². The Morgan fingerprint density at radius 3 is 1.18 bits per heavy atom. The van der Waals surface area contributed by atoms with Crippen molar-refractivity contribution in [2.75, 3.05) is 38.8 Å². The largest absolute Gasteiger partial charge is 0.331 e. The van der Waals surface area contributed by atoms with Gasteiger partial charge in [0.05, 0.1) is 50.6 Å². The smallest absolute Gasteiger partial charge is 0.309 e. The maximum Gasteiger partial charge on any atom is 0.331 e. The van der Waals surface area contributed by atoms with Crippen molar-refractivity contribution < 1.29 is 32.0 Å². The van der Waals surface area contributed by atoms with E-state index in [0.717, 1.165) is 0 Å². The van der Waals surface area contributed by atoms with Crippen LogP contribution in [0.1, 0.15) is 50.7 Å². The molecule has 0 saturated heterocycles. The third-order valence-corrected chi connectivity index (χ3v) is 9.44. The molecule has 0 aliphatic carbocycles. The van der Waals surface area contributed by atoms with Crippen molar-refractivity contribution in [3.05, 3.63) is 71.8 Å². The highest BCUT2D eigenvalue weighted by Gasteiger charge is 2.40. The van der Waals surface area contributed by atoms with Crippen molar-refractivity contribution >= 4 is 21.0 Å². The van der Waals surface area contributed by atoms with Crippen LogP contribution in [0.2, 0.25) is 0 Å². The summed E-state index contributed by atoms with van der Waals surface area (Å²) in [6.07, 6.45) is -0.233. The minimum atomic E-state index is -3.56. The third-order valence-electron chi connectivity index (χ3n) is 5.21. The van der Waals surface area contributed by atoms with Gasteiger partial charge < -0.3 is 18.1 Å². The van der Waals surface area contributed by atoms with Crippen LogP contribution in [0.4, 0.5) is 0 Å². The molecule has 0 aromatic heterocycles. The van der Waals surface area contributed by atoms with Crippen molar-refractivity contribution in [1.29, 1.82) is 0 Å². The summed E-state index contributed by atoms with van der Waals surface area (Å²) in [4.78, 5) is 14.2. The predicted octanol–water partition coefficient (Wildman–Crippen LogP) is 6.66. The molecular formula is C25H36O7P2. The lowest BCUT2D eigenvalue weighted by atomic mass is 9.85. The Labute approximate surface area is 203 Å². The molecule has 7 nitrogen and oxygen atoms in total. The maximum absolute atomic E-state index is 14.2. The molecule has 0 spiro atoms. The van der Waals surface area contributed by atoms with Gasteiger partial charge in [-0.3, -0.25) is 13.9 Å². The molecule has 9 heteroatoms. The lowest BCUT2D eigenvalue weighted by Crippen LogP contribution is -2.27. The van der Waals surface area contributed by atoms with Gasteiger partial charge in [0.2, 0.25) is 0 Å². The zero-order chi connectivity index (χ0) is 25.0. The van der Waals surface area contributed by atoms with E-state index in [1.807, 2.05) is 60.7 Å². The molecule has 2 rings (SSSR count).